The molecule has 1 aliphatic rings. The zero-order valence-corrected chi connectivity index (χ0v) is 14.0. The van der Waals surface area contributed by atoms with Crippen molar-refractivity contribution in [3.05, 3.63) is 59.7 Å². The summed E-state index contributed by atoms with van der Waals surface area (Å²) >= 11 is 1.66. The van der Waals surface area contributed by atoms with Crippen LogP contribution in [0, 0.1) is 0 Å². The van der Waals surface area contributed by atoms with Gasteiger partial charge in [0.25, 0.3) is 0 Å². The Kier molecular flexibility index (Phi) is 4.76. The molecule has 1 unspecified atom stereocenters. The molecule has 0 aromatic heterocycles. The maximum atomic E-state index is 12.3. The molecule has 1 aliphatic heterocycles. The Hall–Kier alpha value is -2.14. The number of carbonyl (C=O) groups excluding carboxylic acids is 1. The monoisotopic (exact) mass is 329 g/mol. The van der Waals surface area contributed by atoms with Gasteiger partial charge in [-0.3, -0.25) is 4.79 Å². The van der Waals surface area contributed by atoms with E-state index in [9.17, 15) is 4.79 Å². The lowest BCUT2D eigenvalue weighted by atomic mass is 10.1. The number of methoxy groups -OCH3 is 2. The van der Waals surface area contributed by atoms with Crippen LogP contribution in [0.5, 0.6) is 11.5 Å². The smallest absolute Gasteiger partial charge is 0.234 e. The molecule has 23 heavy (non-hydrogen) atoms. The number of carbonyl (C=O) groups is 1. The highest BCUT2D eigenvalue weighted by Gasteiger charge is 2.33. The zero-order valence-electron chi connectivity index (χ0n) is 13.2. The molecule has 0 radical (unpaired) electrons. The summed E-state index contributed by atoms with van der Waals surface area (Å²) in [7, 11) is 3.26. The number of hydrogen-bond acceptors (Lipinski definition) is 4. The average Bonchev–Trinajstić information content (AvgIpc) is 2.97. The number of benzene rings is 2. The Morgan fingerprint density at radius 2 is 1.91 bits per heavy atom. The van der Waals surface area contributed by atoms with E-state index in [-0.39, 0.29) is 11.3 Å². The lowest BCUT2D eigenvalue weighted by Crippen LogP contribution is -2.27. The first kappa shape index (κ1) is 15.7. The first-order valence-electron chi connectivity index (χ1n) is 7.40. The van der Waals surface area contributed by atoms with Gasteiger partial charge in [-0.25, -0.2) is 0 Å². The van der Waals surface area contributed by atoms with Crippen LogP contribution in [0.25, 0.3) is 0 Å². The maximum absolute atomic E-state index is 12.3. The number of amides is 1. The minimum atomic E-state index is 0.0514. The van der Waals surface area contributed by atoms with Gasteiger partial charge in [-0.05, 0) is 17.7 Å². The molecule has 0 aliphatic carbocycles. The van der Waals surface area contributed by atoms with E-state index in [0.717, 1.165) is 22.6 Å². The van der Waals surface area contributed by atoms with Gasteiger partial charge in [-0.2, -0.15) is 0 Å². The fraction of sp³-hybridized carbons (Fsp3) is 0.278. The van der Waals surface area contributed by atoms with Crippen LogP contribution in [0.3, 0.4) is 0 Å². The highest BCUT2D eigenvalue weighted by molar-refractivity contribution is 8.00. The molecule has 1 fully saturated rings. The van der Waals surface area contributed by atoms with Gasteiger partial charge in [0, 0.05) is 11.6 Å². The summed E-state index contributed by atoms with van der Waals surface area (Å²) in [5, 5.41) is 0.0514. The molecule has 1 atom stereocenters. The Morgan fingerprint density at radius 1 is 1.13 bits per heavy atom. The Morgan fingerprint density at radius 3 is 2.61 bits per heavy atom. The molecule has 2 aromatic rings. The minimum Gasteiger partial charge on any atom is -0.497 e. The van der Waals surface area contributed by atoms with Crippen molar-refractivity contribution in [2.45, 2.75) is 11.9 Å². The van der Waals surface area contributed by atoms with Gasteiger partial charge in [-0.1, -0.05) is 30.3 Å². The minimum absolute atomic E-state index is 0.0514. The Balaban J connectivity index is 1.87. The molecule has 0 N–H and O–H groups in total. The zero-order chi connectivity index (χ0) is 16.2. The van der Waals surface area contributed by atoms with Crippen LogP contribution < -0.4 is 9.47 Å². The lowest BCUT2D eigenvalue weighted by Gasteiger charge is -2.25. The lowest BCUT2D eigenvalue weighted by molar-refractivity contribution is -0.128. The van der Waals surface area contributed by atoms with Crippen LogP contribution in [-0.4, -0.2) is 30.8 Å². The van der Waals surface area contributed by atoms with Crippen LogP contribution in [0.1, 0.15) is 16.5 Å². The summed E-state index contributed by atoms with van der Waals surface area (Å²) in [4.78, 5) is 14.2. The standard InChI is InChI=1S/C18H19NO3S/c1-21-15-9-8-14(16(10-15)22-2)11-19-17(20)12-23-18(19)13-6-4-3-5-7-13/h3-10,18H,11-12H2,1-2H3. The largest absolute Gasteiger partial charge is 0.497 e. The highest BCUT2D eigenvalue weighted by Crippen LogP contribution is 2.40. The first-order valence-corrected chi connectivity index (χ1v) is 8.44. The maximum Gasteiger partial charge on any atom is 0.234 e. The third kappa shape index (κ3) is 3.29. The Labute approximate surface area is 140 Å². The van der Waals surface area contributed by atoms with E-state index >= 15 is 0 Å². The SMILES string of the molecule is COc1ccc(CN2C(=O)CSC2c2ccccc2)c(OC)c1. The van der Waals surface area contributed by atoms with E-state index in [1.54, 1.807) is 26.0 Å². The molecule has 1 saturated heterocycles. The van der Waals surface area contributed by atoms with E-state index in [0.29, 0.717) is 12.3 Å². The third-order valence-corrected chi connectivity index (χ3v) is 5.14. The third-order valence-electron chi connectivity index (χ3n) is 3.89. The highest BCUT2D eigenvalue weighted by atomic mass is 32.2. The summed E-state index contributed by atoms with van der Waals surface area (Å²) in [6, 6.07) is 15.8. The first-order chi connectivity index (χ1) is 11.2. The number of nitrogens with zero attached hydrogens (tertiary/aromatic N) is 1. The van der Waals surface area contributed by atoms with Crippen molar-refractivity contribution in [1.29, 1.82) is 0 Å². The van der Waals surface area contributed by atoms with Gasteiger partial charge in [0.05, 0.1) is 26.5 Å². The number of thioether (sulfide) groups is 1. The topological polar surface area (TPSA) is 38.8 Å². The second-order valence-electron chi connectivity index (χ2n) is 5.27. The molecular weight excluding hydrogens is 310 g/mol. The van der Waals surface area contributed by atoms with Crippen molar-refractivity contribution in [2.75, 3.05) is 20.0 Å². The summed E-state index contributed by atoms with van der Waals surface area (Å²) in [5.41, 5.74) is 2.13. The van der Waals surface area contributed by atoms with Crippen molar-refractivity contribution in [2.24, 2.45) is 0 Å². The van der Waals surface area contributed by atoms with Gasteiger partial charge in [-0.15, -0.1) is 11.8 Å². The van der Waals surface area contributed by atoms with Crippen LogP contribution in [0.4, 0.5) is 0 Å². The van der Waals surface area contributed by atoms with E-state index in [1.807, 2.05) is 41.3 Å². The number of rotatable bonds is 5. The van der Waals surface area contributed by atoms with E-state index in [1.165, 1.54) is 0 Å². The fourth-order valence-electron chi connectivity index (χ4n) is 2.68. The second-order valence-corrected chi connectivity index (χ2v) is 6.34. The van der Waals surface area contributed by atoms with Gasteiger partial charge in [0.1, 0.15) is 16.9 Å². The second kappa shape index (κ2) is 6.96. The Bertz CT molecular complexity index is 690. The summed E-state index contributed by atoms with van der Waals surface area (Å²) < 4.78 is 10.7. The molecular formula is C18H19NO3S. The van der Waals surface area contributed by atoms with Crippen LogP contribution in [-0.2, 0) is 11.3 Å². The number of hydrogen-bond donors (Lipinski definition) is 0. The molecule has 0 spiro atoms. The fourth-order valence-corrected chi connectivity index (χ4v) is 3.87. The predicted octanol–water partition coefficient (Wildman–Crippen LogP) is 3.48. The van der Waals surface area contributed by atoms with Crippen molar-refractivity contribution in [3.8, 4) is 11.5 Å². The van der Waals surface area contributed by atoms with E-state index in [2.05, 4.69) is 12.1 Å². The van der Waals surface area contributed by atoms with Crippen LogP contribution in [0.15, 0.2) is 48.5 Å². The quantitative estimate of drug-likeness (QED) is 0.842. The molecule has 0 bridgehead atoms. The van der Waals surface area contributed by atoms with Gasteiger partial charge >= 0.3 is 0 Å². The van der Waals surface area contributed by atoms with Crippen molar-refractivity contribution in [3.63, 3.8) is 0 Å². The summed E-state index contributed by atoms with van der Waals surface area (Å²) in [6.07, 6.45) is 0. The van der Waals surface area contributed by atoms with Gasteiger partial charge < -0.3 is 14.4 Å². The predicted molar refractivity (Wildman–Crippen MR) is 91.7 cm³/mol. The molecule has 2 aromatic carbocycles. The van der Waals surface area contributed by atoms with Gasteiger partial charge in [0.2, 0.25) is 5.91 Å². The van der Waals surface area contributed by atoms with Crippen LogP contribution >= 0.6 is 11.8 Å². The van der Waals surface area contributed by atoms with Crippen molar-refractivity contribution < 1.29 is 14.3 Å². The van der Waals surface area contributed by atoms with Crippen molar-refractivity contribution in [1.82, 2.24) is 4.90 Å². The van der Waals surface area contributed by atoms with Crippen LogP contribution in [0.2, 0.25) is 0 Å². The summed E-state index contributed by atoms with van der Waals surface area (Å²) in [5.74, 6) is 2.15. The molecule has 0 saturated carbocycles. The molecule has 4 nitrogen and oxygen atoms in total. The molecule has 3 rings (SSSR count). The molecule has 5 heteroatoms. The number of ether oxygens (including phenoxy) is 2. The van der Waals surface area contributed by atoms with E-state index < -0.39 is 0 Å². The average molecular weight is 329 g/mol. The summed E-state index contributed by atoms with van der Waals surface area (Å²) in [6.45, 7) is 0.526. The molecule has 120 valence electrons. The normalized spacial score (nSPS) is 17.4. The van der Waals surface area contributed by atoms with E-state index in [4.69, 9.17) is 9.47 Å². The van der Waals surface area contributed by atoms with Crippen molar-refractivity contribution >= 4 is 17.7 Å². The van der Waals surface area contributed by atoms with Gasteiger partial charge in [0.15, 0.2) is 0 Å². The molecule has 1 heterocycles. The molecule has 1 amide bonds.